The van der Waals surface area contributed by atoms with Crippen molar-refractivity contribution in [2.45, 2.75) is 32.2 Å². The molecule has 1 aromatic heterocycles. The fourth-order valence-corrected chi connectivity index (χ4v) is 3.29. The van der Waals surface area contributed by atoms with Crippen molar-refractivity contribution in [2.75, 3.05) is 31.1 Å². The second kappa shape index (κ2) is 6.86. The second-order valence-electron chi connectivity index (χ2n) is 6.23. The van der Waals surface area contributed by atoms with E-state index in [1.54, 1.807) is 12.4 Å². The van der Waals surface area contributed by atoms with Crippen LogP contribution in [-0.4, -0.2) is 48.3 Å². The summed E-state index contributed by atoms with van der Waals surface area (Å²) < 4.78 is 5.33. The molecule has 23 heavy (non-hydrogen) atoms. The maximum atomic E-state index is 12.1. The predicted molar refractivity (Wildman–Crippen MR) is 86.0 cm³/mol. The van der Waals surface area contributed by atoms with Crippen LogP contribution in [0, 0.1) is 17.2 Å². The first kappa shape index (κ1) is 15.6. The number of fused-ring (bicyclic) bond motifs is 1. The van der Waals surface area contributed by atoms with E-state index in [4.69, 9.17) is 10.00 Å². The highest BCUT2D eigenvalue weighted by atomic mass is 16.6. The van der Waals surface area contributed by atoms with E-state index in [1.807, 2.05) is 11.0 Å². The Bertz CT molecular complexity index is 613. The first-order valence-electron chi connectivity index (χ1n) is 8.26. The number of anilines is 1. The van der Waals surface area contributed by atoms with Crippen LogP contribution in [0.1, 0.15) is 31.7 Å². The first-order chi connectivity index (χ1) is 11.2. The fraction of sp³-hybridized carbons (Fsp3) is 0.588. The summed E-state index contributed by atoms with van der Waals surface area (Å²) in [7, 11) is 0. The molecular weight excluding hydrogens is 292 g/mol. The average molecular weight is 314 g/mol. The van der Waals surface area contributed by atoms with Gasteiger partial charge in [-0.2, -0.15) is 5.26 Å². The first-order valence-corrected chi connectivity index (χ1v) is 8.26. The summed E-state index contributed by atoms with van der Waals surface area (Å²) in [6.07, 6.45) is 6.15. The fourth-order valence-electron chi connectivity index (χ4n) is 3.29. The molecule has 0 aliphatic carbocycles. The van der Waals surface area contributed by atoms with Crippen molar-refractivity contribution in [3.8, 4) is 6.07 Å². The third kappa shape index (κ3) is 3.24. The van der Waals surface area contributed by atoms with Gasteiger partial charge in [-0.15, -0.1) is 0 Å². The van der Waals surface area contributed by atoms with E-state index < -0.39 is 0 Å². The average Bonchev–Trinajstić information content (AvgIpc) is 2.56. The van der Waals surface area contributed by atoms with Gasteiger partial charge in [-0.3, -0.25) is 4.98 Å². The summed E-state index contributed by atoms with van der Waals surface area (Å²) in [5, 5.41) is 9.01. The molecule has 0 saturated carbocycles. The topological polar surface area (TPSA) is 69.5 Å². The zero-order valence-electron chi connectivity index (χ0n) is 13.4. The number of hydrogen-bond acceptors (Lipinski definition) is 5. The van der Waals surface area contributed by atoms with Crippen LogP contribution in [-0.2, 0) is 4.74 Å². The van der Waals surface area contributed by atoms with Gasteiger partial charge in [-0.25, -0.2) is 4.79 Å². The zero-order chi connectivity index (χ0) is 16.2. The monoisotopic (exact) mass is 314 g/mol. The van der Waals surface area contributed by atoms with Gasteiger partial charge in [0.25, 0.3) is 0 Å². The molecule has 0 N–H and O–H groups in total. The number of carbonyl (C=O) groups is 1. The third-order valence-electron chi connectivity index (χ3n) is 4.73. The molecule has 2 atom stereocenters. The molecule has 6 nitrogen and oxygen atoms in total. The van der Waals surface area contributed by atoms with E-state index in [9.17, 15) is 4.79 Å². The Morgan fingerprint density at radius 1 is 1.48 bits per heavy atom. The molecule has 2 aliphatic heterocycles. The van der Waals surface area contributed by atoms with Gasteiger partial charge in [0.1, 0.15) is 6.07 Å². The molecule has 0 aromatic carbocycles. The number of pyridine rings is 1. The summed E-state index contributed by atoms with van der Waals surface area (Å²) >= 11 is 0. The van der Waals surface area contributed by atoms with Crippen LogP contribution in [0.4, 0.5) is 10.5 Å². The Kier molecular flexibility index (Phi) is 4.65. The van der Waals surface area contributed by atoms with Crippen molar-refractivity contribution in [1.82, 2.24) is 9.88 Å². The Labute approximate surface area is 136 Å². The summed E-state index contributed by atoms with van der Waals surface area (Å²) in [6.45, 7) is 5.11. The number of rotatable bonds is 4. The zero-order valence-corrected chi connectivity index (χ0v) is 13.4. The van der Waals surface area contributed by atoms with Gasteiger partial charge in [-0.05, 0) is 18.9 Å². The Hall–Kier alpha value is -2.29. The minimum absolute atomic E-state index is 0.189. The molecule has 1 aromatic rings. The van der Waals surface area contributed by atoms with E-state index >= 15 is 0 Å². The normalized spacial score (nSPS) is 22.8. The van der Waals surface area contributed by atoms with Crippen LogP contribution >= 0.6 is 0 Å². The SMILES string of the molecule is CCCCOC(=O)N1C[C@@H]2CCN(c3cncc(C#N)c3)C[C@@H]21. The second-order valence-corrected chi connectivity index (χ2v) is 6.23. The van der Waals surface area contributed by atoms with E-state index in [-0.39, 0.29) is 12.1 Å². The number of ether oxygens (including phenoxy) is 1. The molecule has 0 unspecified atom stereocenters. The van der Waals surface area contributed by atoms with Crippen molar-refractivity contribution < 1.29 is 9.53 Å². The lowest BCUT2D eigenvalue weighted by Gasteiger charge is -2.53. The van der Waals surface area contributed by atoms with Crippen molar-refractivity contribution in [3.63, 3.8) is 0 Å². The van der Waals surface area contributed by atoms with Crippen molar-refractivity contribution >= 4 is 11.8 Å². The number of piperidine rings is 1. The highest BCUT2D eigenvalue weighted by Gasteiger charge is 2.45. The van der Waals surface area contributed by atoms with Crippen LogP contribution in [0.2, 0.25) is 0 Å². The molecule has 0 spiro atoms. The summed E-state index contributed by atoms with van der Waals surface area (Å²) in [6, 6.07) is 4.19. The smallest absolute Gasteiger partial charge is 0.410 e. The van der Waals surface area contributed by atoms with E-state index in [2.05, 4.69) is 22.9 Å². The van der Waals surface area contributed by atoms with Gasteiger partial charge in [0, 0.05) is 31.7 Å². The molecule has 6 heteroatoms. The molecule has 3 heterocycles. The molecule has 2 saturated heterocycles. The lowest BCUT2D eigenvalue weighted by Crippen LogP contribution is -2.65. The number of carbonyl (C=O) groups excluding carboxylic acids is 1. The van der Waals surface area contributed by atoms with Gasteiger partial charge in [-0.1, -0.05) is 13.3 Å². The molecule has 122 valence electrons. The highest BCUT2D eigenvalue weighted by molar-refractivity contribution is 5.69. The number of likely N-dealkylation sites (tertiary alicyclic amines) is 1. The molecule has 3 rings (SSSR count). The van der Waals surface area contributed by atoms with Crippen LogP contribution in [0.5, 0.6) is 0 Å². The minimum atomic E-state index is -0.189. The highest BCUT2D eigenvalue weighted by Crippen LogP contribution is 2.34. The molecule has 0 bridgehead atoms. The molecule has 0 radical (unpaired) electrons. The van der Waals surface area contributed by atoms with Crippen molar-refractivity contribution in [3.05, 3.63) is 24.0 Å². The van der Waals surface area contributed by atoms with E-state index in [1.165, 1.54) is 0 Å². The lowest BCUT2D eigenvalue weighted by molar-refractivity contribution is -0.00212. The van der Waals surface area contributed by atoms with Crippen molar-refractivity contribution in [1.29, 1.82) is 5.26 Å². The summed E-state index contributed by atoms with van der Waals surface area (Å²) in [4.78, 5) is 20.3. The van der Waals surface area contributed by atoms with Crippen LogP contribution in [0.3, 0.4) is 0 Å². The van der Waals surface area contributed by atoms with E-state index in [0.29, 0.717) is 18.1 Å². The summed E-state index contributed by atoms with van der Waals surface area (Å²) in [5.41, 5.74) is 1.52. The van der Waals surface area contributed by atoms with Gasteiger partial charge in [0.05, 0.1) is 30.1 Å². The number of nitrogens with zero attached hydrogens (tertiary/aromatic N) is 4. The van der Waals surface area contributed by atoms with Crippen molar-refractivity contribution in [2.24, 2.45) is 5.92 Å². The number of unbranched alkanes of at least 4 members (excludes halogenated alkanes) is 1. The van der Waals surface area contributed by atoms with Crippen LogP contribution < -0.4 is 4.90 Å². The Balaban J connectivity index is 1.61. The van der Waals surface area contributed by atoms with Gasteiger partial charge in [0.15, 0.2) is 0 Å². The minimum Gasteiger partial charge on any atom is -0.449 e. The van der Waals surface area contributed by atoms with E-state index in [0.717, 1.165) is 44.6 Å². The largest absolute Gasteiger partial charge is 0.449 e. The summed E-state index contributed by atoms with van der Waals surface area (Å²) in [5.74, 6) is 0.567. The molecule has 2 aliphatic rings. The molecule has 2 fully saturated rings. The Morgan fingerprint density at radius 3 is 3.13 bits per heavy atom. The standard InChI is InChI=1S/C17H22N4O2/c1-2-3-6-23-17(22)21-11-14-4-5-20(12-16(14)21)15-7-13(8-18)9-19-10-15/h7,9-10,14,16H,2-6,11-12H2,1H3/t14-,16-/m0/s1. The number of hydrogen-bond donors (Lipinski definition) is 0. The third-order valence-corrected chi connectivity index (χ3v) is 4.73. The van der Waals surface area contributed by atoms with Gasteiger partial charge >= 0.3 is 6.09 Å². The Morgan fingerprint density at radius 2 is 2.35 bits per heavy atom. The predicted octanol–water partition coefficient (Wildman–Crippen LogP) is 2.40. The maximum Gasteiger partial charge on any atom is 0.410 e. The van der Waals surface area contributed by atoms with Gasteiger partial charge in [0.2, 0.25) is 0 Å². The lowest BCUT2D eigenvalue weighted by atomic mass is 9.82. The van der Waals surface area contributed by atoms with Gasteiger partial charge < -0.3 is 14.5 Å². The molecule has 1 amide bonds. The maximum absolute atomic E-state index is 12.1. The number of aromatic nitrogens is 1. The molecular formula is C17H22N4O2. The quantitative estimate of drug-likeness (QED) is 0.798. The van der Waals surface area contributed by atoms with Crippen LogP contribution in [0.15, 0.2) is 18.5 Å². The van der Waals surface area contributed by atoms with Crippen LogP contribution in [0.25, 0.3) is 0 Å². The number of amides is 1. The number of nitriles is 1.